The largest absolute Gasteiger partial charge is 0.365 e. The molecule has 0 saturated heterocycles. The number of rotatable bonds is 7. The number of para-hydroxylation sites is 1. The minimum absolute atomic E-state index is 0.0536. The molecule has 1 aromatic heterocycles. The molecule has 3 rings (SSSR count). The van der Waals surface area contributed by atoms with Crippen molar-refractivity contribution in [3.8, 4) is 11.1 Å². The Morgan fingerprint density at radius 2 is 1.57 bits per heavy atom. The molecule has 0 atom stereocenters. The average Bonchev–Trinajstić information content (AvgIpc) is 3.05. The van der Waals surface area contributed by atoms with E-state index in [4.69, 9.17) is 5.73 Å². The van der Waals surface area contributed by atoms with Crippen LogP contribution in [0.5, 0.6) is 0 Å². The van der Waals surface area contributed by atoms with Crippen molar-refractivity contribution in [3.05, 3.63) is 71.1 Å². The number of aryl methyl sites for hydroxylation is 1. The summed E-state index contributed by atoms with van der Waals surface area (Å²) >= 11 is 1.30. The molecule has 3 aromatic rings. The van der Waals surface area contributed by atoms with Gasteiger partial charge in [0.15, 0.2) is 0 Å². The molecule has 154 valence electrons. The van der Waals surface area contributed by atoms with Crippen LogP contribution in [0.15, 0.2) is 60.7 Å². The van der Waals surface area contributed by atoms with Gasteiger partial charge in [-0.3, -0.25) is 9.59 Å². The molecule has 1 heterocycles. The number of benzene rings is 2. The van der Waals surface area contributed by atoms with E-state index in [0.717, 1.165) is 16.0 Å². The Morgan fingerprint density at radius 1 is 0.933 bits per heavy atom. The van der Waals surface area contributed by atoms with E-state index in [1.54, 1.807) is 12.1 Å². The molecule has 4 amide bonds. The zero-order chi connectivity index (χ0) is 21.5. The second-order valence-electron chi connectivity index (χ2n) is 6.51. The average molecular weight is 423 g/mol. The Kier molecular flexibility index (Phi) is 6.82. The van der Waals surface area contributed by atoms with Crippen LogP contribution < -0.4 is 21.7 Å². The molecule has 7 nitrogen and oxygen atoms in total. The number of nitrogens with one attached hydrogen (secondary N) is 3. The summed E-state index contributed by atoms with van der Waals surface area (Å²) in [5, 5.41) is 8.47. The van der Waals surface area contributed by atoms with Gasteiger partial charge in [0.2, 0.25) is 5.91 Å². The third-order valence-corrected chi connectivity index (χ3v) is 5.34. The minimum atomic E-state index is -0.603. The minimum Gasteiger partial charge on any atom is -0.365 e. The number of nitrogens with two attached hydrogens (primary N) is 1. The molecule has 30 heavy (non-hydrogen) atoms. The molecule has 0 radical (unpaired) electrons. The molecule has 0 aliphatic rings. The summed E-state index contributed by atoms with van der Waals surface area (Å²) < 4.78 is 0. The SMILES string of the molecule is Cc1sc(NC(=O)CCNC(=O)Nc2ccccc2)c(C(N)=O)c1-c1ccccc1. The number of urea groups is 1. The van der Waals surface area contributed by atoms with Gasteiger partial charge in [-0.25, -0.2) is 4.79 Å². The van der Waals surface area contributed by atoms with Crippen molar-refractivity contribution in [2.75, 3.05) is 17.2 Å². The lowest BCUT2D eigenvalue weighted by Gasteiger charge is -2.09. The first kappa shape index (κ1) is 21.1. The summed E-state index contributed by atoms with van der Waals surface area (Å²) in [6, 6.07) is 18.0. The first-order chi connectivity index (χ1) is 14.5. The zero-order valence-corrected chi connectivity index (χ0v) is 17.2. The monoisotopic (exact) mass is 422 g/mol. The highest BCUT2D eigenvalue weighted by Crippen LogP contribution is 2.39. The van der Waals surface area contributed by atoms with E-state index in [1.807, 2.05) is 55.5 Å². The van der Waals surface area contributed by atoms with E-state index in [0.29, 0.717) is 16.3 Å². The van der Waals surface area contributed by atoms with Crippen molar-refractivity contribution in [2.45, 2.75) is 13.3 Å². The Hall–Kier alpha value is -3.65. The van der Waals surface area contributed by atoms with Crippen LogP contribution in [0.1, 0.15) is 21.7 Å². The highest BCUT2D eigenvalue weighted by Gasteiger charge is 2.22. The van der Waals surface area contributed by atoms with Crippen LogP contribution in [0.3, 0.4) is 0 Å². The van der Waals surface area contributed by atoms with Gasteiger partial charge in [0, 0.05) is 29.1 Å². The third-order valence-electron chi connectivity index (χ3n) is 4.32. The fourth-order valence-corrected chi connectivity index (χ4v) is 4.09. The van der Waals surface area contributed by atoms with E-state index in [-0.39, 0.29) is 18.9 Å². The second kappa shape index (κ2) is 9.71. The number of hydrogen-bond donors (Lipinski definition) is 4. The number of amides is 4. The molecule has 0 fully saturated rings. The molecule has 0 aliphatic heterocycles. The molecular formula is C22H22N4O3S. The number of primary amides is 1. The summed E-state index contributed by atoms with van der Waals surface area (Å²) in [5.41, 5.74) is 8.15. The fraction of sp³-hybridized carbons (Fsp3) is 0.136. The Balaban J connectivity index is 1.61. The van der Waals surface area contributed by atoms with Gasteiger partial charge in [-0.05, 0) is 24.6 Å². The van der Waals surface area contributed by atoms with Crippen LogP contribution in [-0.4, -0.2) is 24.4 Å². The van der Waals surface area contributed by atoms with Crippen LogP contribution in [0.4, 0.5) is 15.5 Å². The predicted octanol–water partition coefficient (Wildman–Crippen LogP) is 3.97. The maximum atomic E-state index is 12.4. The standard InChI is InChI=1S/C22H22N4O3S/c1-14-18(15-8-4-2-5-9-15)19(20(23)28)21(30-14)26-17(27)12-13-24-22(29)25-16-10-6-3-7-11-16/h2-11H,12-13H2,1H3,(H2,23,28)(H,26,27)(H2,24,25,29). The van der Waals surface area contributed by atoms with Crippen LogP contribution in [0, 0.1) is 6.92 Å². The van der Waals surface area contributed by atoms with E-state index in [2.05, 4.69) is 16.0 Å². The number of thiophene rings is 1. The molecule has 0 spiro atoms. The van der Waals surface area contributed by atoms with Crippen molar-refractivity contribution in [2.24, 2.45) is 5.73 Å². The topological polar surface area (TPSA) is 113 Å². The number of anilines is 2. The van der Waals surface area contributed by atoms with E-state index < -0.39 is 11.9 Å². The van der Waals surface area contributed by atoms with Gasteiger partial charge >= 0.3 is 6.03 Å². The van der Waals surface area contributed by atoms with E-state index in [9.17, 15) is 14.4 Å². The second-order valence-corrected chi connectivity index (χ2v) is 7.74. The van der Waals surface area contributed by atoms with Crippen LogP contribution in [0.2, 0.25) is 0 Å². The van der Waals surface area contributed by atoms with Crippen molar-refractivity contribution in [1.29, 1.82) is 0 Å². The first-order valence-corrected chi connectivity index (χ1v) is 10.2. The number of carbonyl (C=O) groups is 3. The van der Waals surface area contributed by atoms with Crippen molar-refractivity contribution < 1.29 is 14.4 Å². The van der Waals surface area contributed by atoms with Crippen molar-refractivity contribution in [3.63, 3.8) is 0 Å². The van der Waals surface area contributed by atoms with Gasteiger partial charge in [-0.15, -0.1) is 11.3 Å². The van der Waals surface area contributed by atoms with Crippen LogP contribution >= 0.6 is 11.3 Å². The van der Waals surface area contributed by atoms with Gasteiger partial charge in [0.05, 0.1) is 5.56 Å². The Labute approximate surface area is 178 Å². The lowest BCUT2D eigenvalue weighted by atomic mass is 10.0. The summed E-state index contributed by atoms with van der Waals surface area (Å²) in [6.07, 6.45) is 0.0536. The molecule has 0 bridgehead atoms. The number of carbonyl (C=O) groups excluding carboxylic acids is 3. The Morgan fingerprint density at radius 3 is 2.20 bits per heavy atom. The highest BCUT2D eigenvalue weighted by atomic mass is 32.1. The number of hydrogen-bond acceptors (Lipinski definition) is 4. The summed E-state index contributed by atoms with van der Waals surface area (Å²) in [5.74, 6) is -0.924. The summed E-state index contributed by atoms with van der Waals surface area (Å²) in [6.45, 7) is 2.02. The zero-order valence-electron chi connectivity index (χ0n) is 16.4. The maximum Gasteiger partial charge on any atom is 0.319 e. The summed E-state index contributed by atoms with van der Waals surface area (Å²) in [7, 11) is 0. The normalized spacial score (nSPS) is 10.3. The van der Waals surface area contributed by atoms with Crippen LogP contribution in [-0.2, 0) is 4.79 Å². The molecule has 0 unspecified atom stereocenters. The van der Waals surface area contributed by atoms with Gasteiger partial charge in [0.25, 0.3) is 5.91 Å². The smallest absolute Gasteiger partial charge is 0.319 e. The molecule has 2 aromatic carbocycles. The van der Waals surface area contributed by atoms with Gasteiger partial charge < -0.3 is 21.7 Å². The fourth-order valence-electron chi connectivity index (χ4n) is 3.00. The quantitative estimate of drug-likeness (QED) is 0.462. The van der Waals surface area contributed by atoms with Gasteiger partial charge in [0.1, 0.15) is 5.00 Å². The predicted molar refractivity (Wildman–Crippen MR) is 120 cm³/mol. The van der Waals surface area contributed by atoms with E-state index in [1.165, 1.54) is 11.3 Å². The first-order valence-electron chi connectivity index (χ1n) is 9.34. The van der Waals surface area contributed by atoms with Crippen LogP contribution in [0.25, 0.3) is 11.1 Å². The van der Waals surface area contributed by atoms with Gasteiger partial charge in [-0.1, -0.05) is 48.5 Å². The van der Waals surface area contributed by atoms with Gasteiger partial charge in [-0.2, -0.15) is 0 Å². The molecular weight excluding hydrogens is 400 g/mol. The molecule has 0 saturated carbocycles. The molecule has 0 aliphatic carbocycles. The molecule has 8 heteroatoms. The van der Waals surface area contributed by atoms with Crippen molar-refractivity contribution in [1.82, 2.24) is 5.32 Å². The molecule has 5 N–H and O–H groups in total. The van der Waals surface area contributed by atoms with E-state index >= 15 is 0 Å². The summed E-state index contributed by atoms with van der Waals surface area (Å²) in [4.78, 5) is 37.2. The lowest BCUT2D eigenvalue weighted by Crippen LogP contribution is -2.31. The third kappa shape index (κ3) is 5.24. The lowest BCUT2D eigenvalue weighted by molar-refractivity contribution is -0.116. The van der Waals surface area contributed by atoms with Crippen molar-refractivity contribution >= 4 is 39.9 Å². The maximum absolute atomic E-state index is 12.4. The Bertz CT molecular complexity index is 1050. The highest BCUT2D eigenvalue weighted by molar-refractivity contribution is 7.17.